The predicted octanol–water partition coefficient (Wildman–Crippen LogP) is 4.62. The number of hydrogen-bond acceptors (Lipinski definition) is 3. The van der Waals surface area contributed by atoms with E-state index in [1.807, 2.05) is 37.4 Å². The van der Waals surface area contributed by atoms with E-state index >= 15 is 0 Å². The number of halogens is 2. The smallest absolute Gasteiger partial charge is 0.193 e. The van der Waals surface area contributed by atoms with Crippen LogP contribution in [0.3, 0.4) is 0 Å². The largest absolute Gasteiger partial charge is 0.492 e. The van der Waals surface area contributed by atoms with Crippen LogP contribution in [0, 0.1) is 5.92 Å². The Morgan fingerprint density at radius 2 is 1.93 bits per heavy atom. The van der Waals surface area contributed by atoms with Crippen molar-refractivity contribution in [3.05, 3.63) is 65.2 Å². The van der Waals surface area contributed by atoms with Crippen molar-refractivity contribution in [2.45, 2.75) is 12.5 Å². The SMILES string of the molecule is CN=C(NCC1CCOC1c1ccccc1)N(C)CCOc1ccc(Cl)cc1.I. The number of benzene rings is 2. The summed E-state index contributed by atoms with van der Waals surface area (Å²) < 4.78 is 11.8. The van der Waals surface area contributed by atoms with Crippen LogP contribution in [0.15, 0.2) is 59.6 Å². The second-order valence-corrected chi connectivity index (χ2v) is 7.34. The van der Waals surface area contributed by atoms with Gasteiger partial charge >= 0.3 is 0 Å². The Bertz CT molecular complexity index is 758. The highest BCUT2D eigenvalue weighted by atomic mass is 127. The van der Waals surface area contributed by atoms with Crippen LogP contribution in [-0.4, -0.2) is 51.3 Å². The Labute approximate surface area is 195 Å². The molecule has 0 aliphatic carbocycles. The van der Waals surface area contributed by atoms with Crippen molar-refractivity contribution in [1.29, 1.82) is 0 Å². The second kappa shape index (κ2) is 12.2. The molecule has 1 N–H and O–H groups in total. The summed E-state index contributed by atoms with van der Waals surface area (Å²) in [4.78, 5) is 6.47. The zero-order valence-corrected chi connectivity index (χ0v) is 20.0. The molecule has 1 fully saturated rings. The normalized spacial score (nSPS) is 18.8. The molecule has 3 rings (SSSR count). The Morgan fingerprint density at radius 1 is 1.21 bits per heavy atom. The fraction of sp³-hybridized carbons (Fsp3) is 0.409. The molecule has 29 heavy (non-hydrogen) atoms. The van der Waals surface area contributed by atoms with E-state index < -0.39 is 0 Å². The van der Waals surface area contributed by atoms with E-state index in [1.54, 1.807) is 7.05 Å². The van der Waals surface area contributed by atoms with Crippen LogP contribution in [-0.2, 0) is 4.74 Å². The van der Waals surface area contributed by atoms with Crippen LogP contribution in [0.2, 0.25) is 5.02 Å². The summed E-state index contributed by atoms with van der Waals surface area (Å²) in [6.07, 6.45) is 1.19. The number of guanidine groups is 1. The highest BCUT2D eigenvalue weighted by Crippen LogP contribution is 2.33. The first-order valence-electron chi connectivity index (χ1n) is 9.64. The third-order valence-electron chi connectivity index (χ3n) is 4.95. The molecule has 1 aliphatic heterocycles. The van der Waals surface area contributed by atoms with E-state index in [4.69, 9.17) is 21.1 Å². The molecule has 1 heterocycles. The Morgan fingerprint density at radius 3 is 2.62 bits per heavy atom. The molecular weight excluding hydrogens is 501 g/mol. The molecule has 0 radical (unpaired) electrons. The molecular formula is C22H29ClIN3O2. The summed E-state index contributed by atoms with van der Waals surface area (Å²) in [5, 5.41) is 4.20. The summed E-state index contributed by atoms with van der Waals surface area (Å²) in [6, 6.07) is 17.8. The molecule has 0 saturated carbocycles. The number of nitrogens with one attached hydrogen (secondary N) is 1. The lowest BCUT2D eigenvalue weighted by molar-refractivity contribution is 0.0913. The van der Waals surface area contributed by atoms with Gasteiger partial charge in [-0.05, 0) is 36.2 Å². The molecule has 1 aliphatic rings. The maximum atomic E-state index is 5.98. The average molecular weight is 530 g/mol. The van der Waals surface area contributed by atoms with Gasteiger partial charge in [0.15, 0.2) is 5.96 Å². The van der Waals surface area contributed by atoms with Crippen LogP contribution in [0.25, 0.3) is 0 Å². The Balaban J connectivity index is 0.00000300. The van der Waals surface area contributed by atoms with Gasteiger partial charge in [-0.25, -0.2) is 0 Å². The quantitative estimate of drug-likeness (QED) is 0.323. The van der Waals surface area contributed by atoms with Crippen molar-refractivity contribution >= 4 is 41.5 Å². The first-order chi connectivity index (χ1) is 13.7. The minimum atomic E-state index is 0. The van der Waals surface area contributed by atoms with Gasteiger partial charge in [0.2, 0.25) is 0 Å². The highest BCUT2D eigenvalue weighted by molar-refractivity contribution is 14.0. The van der Waals surface area contributed by atoms with Crippen LogP contribution >= 0.6 is 35.6 Å². The van der Waals surface area contributed by atoms with Crippen molar-refractivity contribution in [2.75, 3.05) is 40.4 Å². The standard InChI is InChI=1S/C22H28ClN3O2.HI/c1-24-22(26(2)13-15-27-20-10-8-19(23)9-11-20)25-16-18-12-14-28-21(18)17-6-4-3-5-7-17;/h3-11,18,21H,12-16H2,1-2H3,(H,24,25);1H. The molecule has 0 aromatic heterocycles. The lowest BCUT2D eigenvalue weighted by Crippen LogP contribution is -2.43. The van der Waals surface area contributed by atoms with Gasteiger partial charge in [-0.1, -0.05) is 41.9 Å². The number of hydrogen-bond donors (Lipinski definition) is 1. The number of rotatable bonds is 7. The van der Waals surface area contributed by atoms with Crippen molar-refractivity contribution < 1.29 is 9.47 Å². The van der Waals surface area contributed by atoms with Gasteiger partial charge < -0.3 is 19.7 Å². The van der Waals surface area contributed by atoms with Gasteiger partial charge in [0, 0.05) is 38.2 Å². The summed E-state index contributed by atoms with van der Waals surface area (Å²) in [5.41, 5.74) is 1.24. The summed E-state index contributed by atoms with van der Waals surface area (Å²) >= 11 is 5.90. The number of likely N-dealkylation sites (N-methyl/N-ethyl adjacent to an activating group) is 1. The summed E-state index contributed by atoms with van der Waals surface area (Å²) in [5.74, 6) is 2.10. The molecule has 2 aromatic carbocycles. The van der Waals surface area contributed by atoms with Gasteiger partial charge in [-0.15, -0.1) is 24.0 Å². The van der Waals surface area contributed by atoms with Crippen LogP contribution in [0.4, 0.5) is 0 Å². The topological polar surface area (TPSA) is 46.1 Å². The van der Waals surface area contributed by atoms with E-state index in [0.29, 0.717) is 17.5 Å². The predicted molar refractivity (Wildman–Crippen MR) is 130 cm³/mol. The van der Waals surface area contributed by atoms with Gasteiger partial charge in [-0.3, -0.25) is 4.99 Å². The molecule has 2 unspecified atom stereocenters. The summed E-state index contributed by atoms with van der Waals surface area (Å²) in [6.45, 7) is 2.92. The number of aliphatic imine (C=N–C) groups is 1. The molecule has 0 amide bonds. The molecule has 2 aromatic rings. The van der Waals surface area contributed by atoms with Crippen LogP contribution < -0.4 is 10.1 Å². The van der Waals surface area contributed by atoms with Gasteiger partial charge in [0.05, 0.1) is 12.6 Å². The fourth-order valence-corrected chi connectivity index (χ4v) is 3.52. The van der Waals surface area contributed by atoms with E-state index in [2.05, 4.69) is 39.5 Å². The minimum Gasteiger partial charge on any atom is -0.492 e. The van der Waals surface area contributed by atoms with E-state index in [-0.39, 0.29) is 30.1 Å². The first kappa shape index (κ1) is 23.8. The Kier molecular flexibility index (Phi) is 10.0. The minimum absolute atomic E-state index is 0. The maximum absolute atomic E-state index is 5.98. The Hall–Kier alpha value is -1.51. The summed E-state index contributed by atoms with van der Waals surface area (Å²) in [7, 11) is 3.82. The van der Waals surface area contributed by atoms with Crippen molar-refractivity contribution in [3.63, 3.8) is 0 Å². The van der Waals surface area contributed by atoms with Gasteiger partial charge in [0.1, 0.15) is 12.4 Å². The molecule has 0 spiro atoms. The number of ether oxygens (including phenoxy) is 2. The first-order valence-corrected chi connectivity index (χ1v) is 10.0. The number of nitrogens with zero attached hydrogens (tertiary/aromatic N) is 2. The van der Waals surface area contributed by atoms with E-state index in [0.717, 1.165) is 37.8 Å². The third-order valence-corrected chi connectivity index (χ3v) is 5.20. The maximum Gasteiger partial charge on any atom is 0.193 e. The lowest BCUT2D eigenvalue weighted by Gasteiger charge is -2.25. The molecule has 7 heteroatoms. The van der Waals surface area contributed by atoms with Gasteiger partial charge in [0.25, 0.3) is 0 Å². The van der Waals surface area contributed by atoms with Crippen molar-refractivity contribution in [1.82, 2.24) is 10.2 Å². The van der Waals surface area contributed by atoms with Crippen molar-refractivity contribution in [3.8, 4) is 5.75 Å². The highest BCUT2D eigenvalue weighted by Gasteiger charge is 2.29. The molecule has 2 atom stereocenters. The van der Waals surface area contributed by atoms with Crippen LogP contribution in [0.1, 0.15) is 18.1 Å². The second-order valence-electron chi connectivity index (χ2n) is 6.90. The third kappa shape index (κ3) is 7.04. The zero-order chi connectivity index (χ0) is 19.8. The molecule has 158 valence electrons. The zero-order valence-electron chi connectivity index (χ0n) is 16.9. The molecule has 5 nitrogen and oxygen atoms in total. The molecule has 1 saturated heterocycles. The monoisotopic (exact) mass is 529 g/mol. The average Bonchev–Trinajstić information content (AvgIpc) is 3.19. The van der Waals surface area contributed by atoms with Gasteiger partial charge in [-0.2, -0.15) is 0 Å². The fourth-order valence-electron chi connectivity index (χ4n) is 3.40. The van der Waals surface area contributed by atoms with Crippen LogP contribution in [0.5, 0.6) is 5.75 Å². The molecule has 0 bridgehead atoms. The van der Waals surface area contributed by atoms with Crippen molar-refractivity contribution in [2.24, 2.45) is 10.9 Å². The lowest BCUT2D eigenvalue weighted by atomic mass is 9.95. The van der Waals surface area contributed by atoms with E-state index in [9.17, 15) is 0 Å². The van der Waals surface area contributed by atoms with E-state index in [1.165, 1.54) is 5.56 Å².